The number of carboxylic acid groups (broad SMARTS) is 1. The van der Waals surface area contributed by atoms with Gasteiger partial charge in [0, 0.05) is 19.2 Å². The van der Waals surface area contributed by atoms with Gasteiger partial charge in [-0.15, -0.1) is 0 Å². The zero-order valence-corrected chi connectivity index (χ0v) is 11.8. The highest BCUT2D eigenvalue weighted by Crippen LogP contribution is 2.32. The lowest BCUT2D eigenvalue weighted by molar-refractivity contribution is -0.153. The van der Waals surface area contributed by atoms with Crippen molar-refractivity contribution < 1.29 is 19.0 Å². The van der Waals surface area contributed by atoms with Gasteiger partial charge in [-0.3, -0.25) is 9.69 Å². The van der Waals surface area contributed by atoms with E-state index in [0.29, 0.717) is 18.5 Å². The highest BCUT2D eigenvalue weighted by atomic mass is 19.1. The molecular formula is C15H17FN2O3. The monoisotopic (exact) mass is 292 g/mol. The van der Waals surface area contributed by atoms with Gasteiger partial charge in [0.2, 0.25) is 0 Å². The summed E-state index contributed by atoms with van der Waals surface area (Å²) in [5, 5.41) is 18.3. The van der Waals surface area contributed by atoms with Crippen LogP contribution in [0.2, 0.25) is 0 Å². The molecule has 1 N–H and O–H groups in total. The van der Waals surface area contributed by atoms with Crippen molar-refractivity contribution in [3.63, 3.8) is 0 Å². The van der Waals surface area contributed by atoms with Crippen molar-refractivity contribution in [3.8, 4) is 6.07 Å². The second-order valence-electron chi connectivity index (χ2n) is 5.21. The zero-order valence-electron chi connectivity index (χ0n) is 11.8. The summed E-state index contributed by atoms with van der Waals surface area (Å²) >= 11 is 0. The lowest BCUT2D eigenvalue weighted by Crippen LogP contribution is -2.53. The van der Waals surface area contributed by atoms with Crippen LogP contribution in [0.5, 0.6) is 0 Å². The van der Waals surface area contributed by atoms with Crippen LogP contribution in [0.1, 0.15) is 24.0 Å². The number of aliphatic carboxylic acids is 1. The lowest BCUT2D eigenvalue weighted by Gasteiger charge is -2.34. The van der Waals surface area contributed by atoms with Gasteiger partial charge in [0.25, 0.3) is 0 Å². The van der Waals surface area contributed by atoms with Crippen molar-refractivity contribution in [2.75, 3.05) is 20.3 Å². The topological polar surface area (TPSA) is 73.6 Å². The summed E-state index contributed by atoms with van der Waals surface area (Å²) in [6, 6.07) is 6.11. The number of carboxylic acids is 1. The molecule has 0 radical (unpaired) electrons. The van der Waals surface area contributed by atoms with Crippen LogP contribution >= 0.6 is 0 Å². The number of benzene rings is 1. The van der Waals surface area contributed by atoms with Gasteiger partial charge >= 0.3 is 5.97 Å². The molecule has 1 heterocycles. The Bertz CT molecular complexity index is 585. The van der Waals surface area contributed by atoms with Gasteiger partial charge < -0.3 is 9.84 Å². The molecule has 0 spiro atoms. The molecule has 5 nitrogen and oxygen atoms in total. The Morgan fingerprint density at radius 2 is 2.38 bits per heavy atom. The first-order valence-electron chi connectivity index (χ1n) is 6.69. The molecule has 0 aromatic heterocycles. The zero-order chi connectivity index (χ0) is 15.5. The molecule has 1 fully saturated rings. The Morgan fingerprint density at radius 3 is 2.95 bits per heavy atom. The SMILES string of the molecule is COCC1(C(=O)O)CCCN1Cc1ccc(C#N)cc1F. The normalized spacial score (nSPS) is 22.1. The quantitative estimate of drug-likeness (QED) is 0.895. The number of rotatable bonds is 5. The van der Waals surface area contributed by atoms with E-state index < -0.39 is 17.3 Å². The molecule has 21 heavy (non-hydrogen) atoms. The predicted molar refractivity (Wildman–Crippen MR) is 73.0 cm³/mol. The Morgan fingerprint density at radius 1 is 1.62 bits per heavy atom. The molecule has 1 aliphatic rings. The third-order valence-corrected chi connectivity index (χ3v) is 3.95. The van der Waals surface area contributed by atoms with Crippen LogP contribution in [0.15, 0.2) is 18.2 Å². The van der Waals surface area contributed by atoms with E-state index in [1.807, 2.05) is 6.07 Å². The smallest absolute Gasteiger partial charge is 0.326 e. The fourth-order valence-electron chi connectivity index (χ4n) is 2.82. The molecule has 1 aromatic carbocycles. The Labute approximate surface area is 122 Å². The highest BCUT2D eigenvalue weighted by molar-refractivity contribution is 5.79. The average Bonchev–Trinajstić information content (AvgIpc) is 2.85. The maximum absolute atomic E-state index is 14.0. The molecule has 6 heteroatoms. The number of nitrogens with zero attached hydrogens (tertiary/aromatic N) is 2. The molecule has 112 valence electrons. The van der Waals surface area contributed by atoms with Crippen molar-refractivity contribution in [2.24, 2.45) is 0 Å². The fraction of sp³-hybridized carbons (Fsp3) is 0.467. The van der Waals surface area contributed by atoms with Crippen LogP contribution in [0.4, 0.5) is 4.39 Å². The number of carbonyl (C=O) groups is 1. The number of halogens is 1. The number of hydrogen-bond acceptors (Lipinski definition) is 4. The van der Waals surface area contributed by atoms with E-state index in [2.05, 4.69) is 0 Å². The van der Waals surface area contributed by atoms with E-state index in [-0.39, 0.29) is 18.7 Å². The summed E-state index contributed by atoms with van der Waals surface area (Å²) in [7, 11) is 1.46. The molecule has 1 unspecified atom stereocenters. The summed E-state index contributed by atoms with van der Waals surface area (Å²) in [5.41, 5.74) is -0.466. The number of hydrogen-bond donors (Lipinski definition) is 1. The minimum absolute atomic E-state index is 0.0697. The van der Waals surface area contributed by atoms with Gasteiger partial charge in [0.05, 0.1) is 18.2 Å². The number of methoxy groups -OCH3 is 1. The third kappa shape index (κ3) is 2.89. The van der Waals surface area contributed by atoms with Gasteiger partial charge in [-0.05, 0) is 31.5 Å². The maximum Gasteiger partial charge on any atom is 0.326 e. The molecule has 2 rings (SSSR count). The van der Waals surface area contributed by atoms with Crippen molar-refractivity contribution in [3.05, 3.63) is 35.1 Å². The van der Waals surface area contributed by atoms with Crippen LogP contribution in [0.3, 0.4) is 0 Å². The minimum atomic E-state index is -1.10. The molecule has 0 aliphatic carbocycles. The first-order valence-corrected chi connectivity index (χ1v) is 6.69. The van der Waals surface area contributed by atoms with E-state index in [1.165, 1.54) is 25.3 Å². The summed E-state index contributed by atoms with van der Waals surface area (Å²) < 4.78 is 19.0. The van der Waals surface area contributed by atoms with Crippen molar-refractivity contribution in [1.82, 2.24) is 4.90 Å². The standard InChI is InChI=1S/C15H17FN2O3/c1-21-10-15(14(19)20)5-2-6-18(15)9-12-4-3-11(8-17)7-13(12)16/h3-4,7H,2,5-6,9-10H2,1H3,(H,19,20). The van der Waals surface area contributed by atoms with Gasteiger partial charge in [0.15, 0.2) is 0 Å². The number of ether oxygens (including phenoxy) is 1. The summed E-state index contributed by atoms with van der Waals surface area (Å²) in [5.74, 6) is -1.44. The van der Waals surface area contributed by atoms with Gasteiger partial charge in [-0.25, -0.2) is 4.39 Å². The Balaban J connectivity index is 2.25. The second kappa shape index (κ2) is 6.20. The van der Waals surface area contributed by atoms with E-state index in [0.717, 1.165) is 6.42 Å². The summed E-state index contributed by atoms with van der Waals surface area (Å²) in [6.07, 6.45) is 1.21. The molecule has 0 bridgehead atoms. The minimum Gasteiger partial charge on any atom is -0.480 e. The van der Waals surface area contributed by atoms with Crippen molar-refractivity contribution in [1.29, 1.82) is 5.26 Å². The molecule has 1 aliphatic heterocycles. The molecule has 1 aromatic rings. The maximum atomic E-state index is 14.0. The second-order valence-corrected chi connectivity index (χ2v) is 5.21. The van der Waals surface area contributed by atoms with Crippen LogP contribution in [0.25, 0.3) is 0 Å². The first-order chi connectivity index (χ1) is 10.0. The first kappa shape index (κ1) is 15.4. The van der Waals surface area contributed by atoms with Crippen molar-refractivity contribution in [2.45, 2.75) is 24.9 Å². The summed E-state index contributed by atoms with van der Waals surface area (Å²) in [6.45, 7) is 0.836. The predicted octanol–water partition coefficient (Wildman–Crippen LogP) is 1.76. The molecule has 1 atom stereocenters. The molecule has 1 saturated heterocycles. The Hall–Kier alpha value is -1.97. The van der Waals surface area contributed by atoms with Crippen molar-refractivity contribution >= 4 is 5.97 Å². The third-order valence-electron chi connectivity index (χ3n) is 3.95. The van der Waals surface area contributed by atoms with Gasteiger partial charge in [-0.2, -0.15) is 5.26 Å². The largest absolute Gasteiger partial charge is 0.480 e. The molecule has 0 amide bonds. The summed E-state index contributed by atoms with van der Waals surface area (Å²) in [4.78, 5) is 13.4. The van der Waals surface area contributed by atoms with Crippen LogP contribution in [-0.4, -0.2) is 41.8 Å². The van der Waals surface area contributed by atoms with E-state index >= 15 is 0 Å². The van der Waals surface area contributed by atoms with Crippen LogP contribution in [0, 0.1) is 17.1 Å². The van der Waals surface area contributed by atoms with Gasteiger partial charge in [0.1, 0.15) is 11.4 Å². The number of likely N-dealkylation sites (tertiary alicyclic amines) is 1. The Kier molecular flexibility index (Phi) is 4.56. The molecular weight excluding hydrogens is 275 g/mol. The van der Waals surface area contributed by atoms with Crippen LogP contribution < -0.4 is 0 Å². The van der Waals surface area contributed by atoms with Gasteiger partial charge in [-0.1, -0.05) is 6.07 Å². The van der Waals surface area contributed by atoms with Crippen LogP contribution in [-0.2, 0) is 16.1 Å². The number of nitriles is 1. The highest BCUT2D eigenvalue weighted by Gasteiger charge is 2.47. The molecule has 0 saturated carbocycles. The van der Waals surface area contributed by atoms with E-state index in [9.17, 15) is 14.3 Å². The lowest BCUT2D eigenvalue weighted by atomic mass is 9.96. The average molecular weight is 292 g/mol. The van der Waals surface area contributed by atoms with E-state index in [4.69, 9.17) is 10.00 Å². The van der Waals surface area contributed by atoms with E-state index in [1.54, 1.807) is 4.90 Å². The fourth-order valence-corrected chi connectivity index (χ4v) is 2.82.